The number of carboxylic acids is 1. The summed E-state index contributed by atoms with van der Waals surface area (Å²) >= 11 is 1.29. The van der Waals surface area contributed by atoms with Gasteiger partial charge in [-0.3, -0.25) is 0 Å². The van der Waals surface area contributed by atoms with Gasteiger partial charge in [-0.15, -0.1) is 0 Å². The Hall–Kier alpha value is -1.89. The number of rotatable bonds is 4. The molecule has 0 aliphatic rings. The van der Waals surface area contributed by atoms with Gasteiger partial charge in [-0.05, 0) is 6.92 Å². The molecule has 0 saturated heterocycles. The van der Waals surface area contributed by atoms with Crippen LogP contribution < -0.4 is 0 Å². The third-order valence-corrected chi connectivity index (χ3v) is 2.81. The quantitative estimate of drug-likeness (QED) is 0.828. The van der Waals surface area contributed by atoms with Crippen LogP contribution in [0.4, 0.5) is 0 Å². The molecule has 0 atom stereocenters. The van der Waals surface area contributed by atoms with E-state index in [2.05, 4.69) is 15.0 Å². The molecule has 2 aromatic heterocycles. The summed E-state index contributed by atoms with van der Waals surface area (Å²) in [5, 5.41) is 9.44. The first kappa shape index (κ1) is 11.6. The van der Waals surface area contributed by atoms with Crippen LogP contribution in [-0.4, -0.2) is 26.0 Å². The van der Waals surface area contributed by atoms with Crippen molar-refractivity contribution in [3.63, 3.8) is 0 Å². The Bertz CT molecular complexity index is 541. The average molecular weight is 251 g/mol. The van der Waals surface area contributed by atoms with E-state index < -0.39 is 5.97 Å². The molecule has 88 valence electrons. The van der Waals surface area contributed by atoms with E-state index in [9.17, 15) is 4.79 Å². The third-order valence-electron chi connectivity index (χ3n) is 1.96. The van der Waals surface area contributed by atoms with Crippen LogP contribution in [0.5, 0.6) is 0 Å². The van der Waals surface area contributed by atoms with Crippen LogP contribution in [0, 0.1) is 6.92 Å². The topological polar surface area (TPSA) is 89.1 Å². The van der Waals surface area contributed by atoms with E-state index in [1.54, 1.807) is 6.26 Å². The Labute approximate surface area is 101 Å². The molecule has 0 aromatic carbocycles. The first-order valence-corrected chi connectivity index (χ1v) is 5.72. The lowest BCUT2D eigenvalue weighted by Gasteiger charge is -2.01. The first-order chi connectivity index (χ1) is 8.16. The highest BCUT2D eigenvalue weighted by Gasteiger charge is 2.12. The van der Waals surface area contributed by atoms with Gasteiger partial charge in [0.05, 0.1) is 11.4 Å². The van der Waals surface area contributed by atoms with Gasteiger partial charge >= 0.3 is 5.97 Å². The second-order valence-corrected chi connectivity index (χ2v) is 4.16. The summed E-state index contributed by atoms with van der Waals surface area (Å²) in [4.78, 5) is 22.6. The van der Waals surface area contributed by atoms with Crippen LogP contribution in [0.3, 0.4) is 0 Å². The zero-order valence-electron chi connectivity index (χ0n) is 8.95. The van der Waals surface area contributed by atoms with E-state index in [1.165, 1.54) is 24.3 Å². The summed E-state index contributed by atoms with van der Waals surface area (Å²) in [6.45, 7) is 1.82. The van der Waals surface area contributed by atoms with Crippen molar-refractivity contribution in [2.75, 3.05) is 0 Å². The van der Waals surface area contributed by atoms with Gasteiger partial charge in [0.1, 0.15) is 18.2 Å². The van der Waals surface area contributed by atoms with E-state index in [-0.39, 0.29) is 5.56 Å². The van der Waals surface area contributed by atoms with E-state index >= 15 is 0 Å². The number of oxazole rings is 1. The lowest BCUT2D eigenvalue weighted by Crippen LogP contribution is -2.04. The number of nitrogens with zero attached hydrogens (tertiary/aromatic N) is 3. The van der Waals surface area contributed by atoms with Gasteiger partial charge in [-0.2, -0.15) is 0 Å². The minimum absolute atomic E-state index is 0.100. The van der Waals surface area contributed by atoms with Crippen molar-refractivity contribution in [2.24, 2.45) is 0 Å². The Morgan fingerprint density at radius 3 is 3.06 bits per heavy atom. The van der Waals surface area contributed by atoms with Gasteiger partial charge in [-0.1, -0.05) is 11.8 Å². The van der Waals surface area contributed by atoms with Crippen LogP contribution in [0.2, 0.25) is 0 Å². The molecule has 7 heteroatoms. The fourth-order valence-corrected chi connectivity index (χ4v) is 1.99. The summed E-state index contributed by atoms with van der Waals surface area (Å²) in [6, 6.07) is 0. The zero-order valence-corrected chi connectivity index (χ0v) is 9.77. The van der Waals surface area contributed by atoms with Gasteiger partial charge < -0.3 is 9.52 Å². The van der Waals surface area contributed by atoms with Crippen molar-refractivity contribution in [3.8, 4) is 0 Å². The van der Waals surface area contributed by atoms with Gasteiger partial charge in [0, 0.05) is 11.9 Å². The molecule has 0 fully saturated rings. The molecule has 0 bridgehead atoms. The number of aromatic carboxylic acids is 1. The van der Waals surface area contributed by atoms with Crippen LogP contribution in [-0.2, 0) is 5.75 Å². The molecule has 1 N–H and O–H groups in total. The van der Waals surface area contributed by atoms with Crippen LogP contribution >= 0.6 is 11.8 Å². The van der Waals surface area contributed by atoms with Crippen molar-refractivity contribution in [2.45, 2.75) is 17.9 Å². The Kier molecular flexibility index (Phi) is 3.38. The molecular weight excluding hydrogens is 242 g/mol. The van der Waals surface area contributed by atoms with Crippen molar-refractivity contribution in [3.05, 3.63) is 35.7 Å². The second kappa shape index (κ2) is 4.96. The predicted molar refractivity (Wildman–Crippen MR) is 59.8 cm³/mol. The molecule has 2 heterocycles. The van der Waals surface area contributed by atoms with E-state index in [0.29, 0.717) is 16.7 Å². The smallest absolute Gasteiger partial charge is 0.339 e. The first-order valence-electron chi connectivity index (χ1n) is 4.74. The van der Waals surface area contributed by atoms with Gasteiger partial charge in [0.2, 0.25) is 0 Å². The molecule has 0 spiro atoms. The summed E-state index contributed by atoms with van der Waals surface area (Å²) in [5.41, 5.74) is 1.34. The summed E-state index contributed by atoms with van der Waals surface area (Å²) in [6.07, 6.45) is 4.15. The predicted octanol–water partition coefficient (Wildman–Crippen LogP) is 1.76. The Balaban J connectivity index is 2.11. The third kappa shape index (κ3) is 2.82. The fourth-order valence-electron chi connectivity index (χ4n) is 1.18. The number of thioether (sulfide) groups is 1. The van der Waals surface area contributed by atoms with Crippen molar-refractivity contribution >= 4 is 17.7 Å². The Morgan fingerprint density at radius 1 is 1.59 bits per heavy atom. The summed E-state index contributed by atoms with van der Waals surface area (Å²) in [7, 11) is 0. The number of aromatic nitrogens is 3. The second-order valence-electron chi connectivity index (χ2n) is 3.23. The highest BCUT2D eigenvalue weighted by molar-refractivity contribution is 7.98. The SMILES string of the molecule is Cc1coc(SCc2ncncc2C(=O)O)n1. The Morgan fingerprint density at radius 2 is 2.41 bits per heavy atom. The average Bonchev–Trinajstić information content (AvgIpc) is 2.73. The molecule has 0 aliphatic carbocycles. The molecule has 0 saturated carbocycles. The molecular formula is C10H9N3O3S. The zero-order chi connectivity index (χ0) is 12.3. The molecule has 0 amide bonds. The standard InChI is InChI=1S/C10H9N3O3S/c1-6-3-16-10(13-6)17-4-8-7(9(14)15)2-11-5-12-8/h2-3,5H,4H2,1H3,(H,14,15). The maximum atomic E-state index is 10.9. The normalized spacial score (nSPS) is 10.4. The van der Waals surface area contributed by atoms with Gasteiger partial charge in [-0.25, -0.2) is 19.7 Å². The van der Waals surface area contributed by atoms with Crippen LogP contribution in [0.1, 0.15) is 21.7 Å². The maximum absolute atomic E-state index is 10.9. The number of carboxylic acid groups (broad SMARTS) is 1. The van der Waals surface area contributed by atoms with E-state index in [4.69, 9.17) is 9.52 Å². The minimum atomic E-state index is -1.04. The van der Waals surface area contributed by atoms with Crippen LogP contribution in [0.15, 0.2) is 28.4 Å². The highest BCUT2D eigenvalue weighted by Crippen LogP contribution is 2.22. The molecule has 0 aliphatic heterocycles. The highest BCUT2D eigenvalue weighted by atomic mass is 32.2. The lowest BCUT2D eigenvalue weighted by molar-refractivity contribution is 0.0695. The van der Waals surface area contributed by atoms with E-state index in [1.807, 2.05) is 6.92 Å². The fraction of sp³-hybridized carbons (Fsp3) is 0.200. The van der Waals surface area contributed by atoms with Crippen molar-refractivity contribution in [1.29, 1.82) is 0 Å². The number of hydrogen-bond donors (Lipinski definition) is 1. The number of hydrogen-bond acceptors (Lipinski definition) is 6. The summed E-state index contributed by atoms with van der Waals surface area (Å²) < 4.78 is 5.15. The van der Waals surface area contributed by atoms with Crippen molar-refractivity contribution in [1.82, 2.24) is 15.0 Å². The molecule has 0 radical (unpaired) electrons. The largest absolute Gasteiger partial charge is 0.478 e. The maximum Gasteiger partial charge on any atom is 0.339 e. The van der Waals surface area contributed by atoms with E-state index in [0.717, 1.165) is 5.69 Å². The molecule has 2 rings (SSSR count). The molecule has 6 nitrogen and oxygen atoms in total. The lowest BCUT2D eigenvalue weighted by atomic mass is 10.2. The molecule has 17 heavy (non-hydrogen) atoms. The molecule has 2 aromatic rings. The van der Waals surface area contributed by atoms with Crippen molar-refractivity contribution < 1.29 is 14.3 Å². The van der Waals surface area contributed by atoms with Crippen LogP contribution in [0.25, 0.3) is 0 Å². The van der Waals surface area contributed by atoms with Gasteiger partial charge in [0.25, 0.3) is 5.22 Å². The minimum Gasteiger partial charge on any atom is -0.478 e. The summed E-state index contributed by atoms with van der Waals surface area (Å²) in [5.74, 6) is -0.658. The number of carbonyl (C=O) groups is 1. The number of aryl methyl sites for hydroxylation is 1. The van der Waals surface area contributed by atoms with Gasteiger partial charge in [0.15, 0.2) is 0 Å². The molecule has 0 unspecified atom stereocenters. The monoisotopic (exact) mass is 251 g/mol.